The number of hydrogen-bond donors (Lipinski definition) is 2. The fraction of sp³-hybridized carbons (Fsp3) is 0.185. The Morgan fingerprint density at radius 1 is 0.946 bits per heavy atom. The van der Waals surface area contributed by atoms with E-state index in [0.29, 0.717) is 22.4 Å². The summed E-state index contributed by atoms with van der Waals surface area (Å²) in [7, 11) is 0. The highest BCUT2D eigenvalue weighted by molar-refractivity contribution is 7.99. The largest absolute Gasteiger partial charge is 0.484 e. The van der Waals surface area contributed by atoms with Crippen molar-refractivity contribution in [2.75, 3.05) is 17.7 Å². The number of aromatic nitrogens is 3. The first-order valence-electron chi connectivity index (χ1n) is 11.5. The molecule has 8 nitrogen and oxygen atoms in total. The van der Waals surface area contributed by atoms with Crippen LogP contribution in [0.2, 0.25) is 0 Å². The van der Waals surface area contributed by atoms with E-state index < -0.39 is 0 Å². The summed E-state index contributed by atoms with van der Waals surface area (Å²) in [6, 6.07) is 20.5. The van der Waals surface area contributed by atoms with Crippen molar-refractivity contribution < 1.29 is 18.7 Å². The summed E-state index contributed by atoms with van der Waals surface area (Å²) < 4.78 is 20.5. The van der Waals surface area contributed by atoms with Gasteiger partial charge in [0, 0.05) is 5.69 Å². The van der Waals surface area contributed by atoms with Crippen LogP contribution in [0.15, 0.2) is 78.0 Å². The molecule has 1 aromatic heterocycles. The van der Waals surface area contributed by atoms with Gasteiger partial charge >= 0.3 is 0 Å². The van der Waals surface area contributed by atoms with Crippen LogP contribution in [0.5, 0.6) is 5.75 Å². The number of ether oxygens (including phenoxy) is 1. The number of nitrogens with zero attached hydrogens (tertiary/aromatic N) is 3. The molecule has 3 aromatic carbocycles. The van der Waals surface area contributed by atoms with Crippen molar-refractivity contribution in [3.8, 4) is 11.4 Å². The van der Waals surface area contributed by atoms with Gasteiger partial charge in [-0.05, 0) is 67.4 Å². The van der Waals surface area contributed by atoms with E-state index in [2.05, 4.69) is 20.8 Å². The molecule has 0 aliphatic heterocycles. The molecule has 37 heavy (non-hydrogen) atoms. The van der Waals surface area contributed by atoms with Crippen molar-refractivity contribution >= 4 is 29.3 Å². The molecule has 10 heteroatoms. The van der Waals surface area contributed by atoms with Crippen LogP contribution in [-0.2, 0) is 16.1 Å². The zero-order chi connectivity index (χ0) is 26.2. The summed E-state index contributed by atoms with van der Waals surface area (Å²) in [6.07, 6.45) is 0. The maximum Gasteiger partial charge on any atom is 0.258 e. The van der Waals surface area contributed by atoms with Crippen LogP contribution in [0.25, 0.3) is 5.69 Å². The molecule has 0 saturated heterocycles. The van der Waals surface area contributed by atoms with Gasteiger partial charge in [-0.3, -0.25) is 14.2 Å². The lowest BCUT2D eigenvalue weighted by Crippen LogP contribution is -2.29. The fourth-order valence-corrected chi connectivity index (χ4v) is 4.25. The topological polar surface area (TPSA) is 98.1 Å². The summed E-state index contributed by atoms with van der Waals surface area (Å²) in [5.74, 6) is 0.252. The molecule has 0 radical (unpaired) electrons. The van der Waals surface area contributed by atoms with Crippen LogP contribution in [0, 0.1) is 19.7 Å². The van der Waals surface area contributed by atoms with Gasteiger partial charge in [-0.1, -0.05) is 42.1 Å². The quantitative estimate of drug-likeness (QED) is 0.301. The van der Waals surface area contributed by atoms with E-state index in [0.717, 1.165) is 16.8 Å². The van der Waals surface area contributed by atoms with Gasteiger partial charge in [0.25, 0.3) is 5.91 Å². The molecule has 1 heterocycles. The minimum atomic E-state index is -0.375. The van der Waals surface area contributed by atoms with E-state index in [9.17, 15) is 14.0 Å². The molecule has 190 valence electrons. The molecule has 0 fully saturated rings. The first-order chi connectivity index (χ1) is 17.9. The van der Waals surface area contributed by atoms with E-state index >= 15 is 0 Å². The Bertz CT molecular complexity index is 1380. The number of carbonyl (C=O) groups is 2. The predicted octanol–water partition coefficient (Wildman–Crippen LogP) is 4.45. The standard InChI is InChI=1S/C27H26FN5O3S/c1-18-7-6-10-23(19(18)2)33-24(15-29-25(34)16-36-22-8-4-3-5-9-22)31-32-27(33)37-17-26(35)30-21-13-11-20(28)12-14-21/h3-14H,15-17H2,1-2H3,(H,29,34)(H,30,35). The first kappa shape index (κ1) is 25.9. The SMILES string of the molecule is Cc1cccc(-n2c(CNC(=O)COc3ccccc3)nnc2SCC(=O)Nc2ccc(F)cc2)c1C. The summed E-state index contributed by atoms with van der Waals surface area (Å²) >= 11 is 1.22. The summed E-state index contributed by atoms with van der Waals surface area (Å²) in [6.45, 7) is 4.00. The molecule has 0 aliphatic rings. The summed E-state index contributed by atoms with van der Waals surface area (Å²) in [4.78, 5) is 24.9. The number of carbonyl (C=O) groups excluding carboxylic acids is 2. The van der Waals surface area contributed by atoms with Crippen molar-refractivity contribution in [1.82, 2.24) is 20.1 Å². The Morgan fingerprint density at radius 2 is 1.70 bits per heavy atom. The molecule has 0 aliphatic carbocycles. The van der Waals surface area contributed by atoms with Gasteiger partial charge in [-0.2, -0.15) is 0 Å². The Balaban J connectivity index is 1.46. The minimum absolute atomic E-state index is 0.0671. The van der Waals surface area contributed by atoms with Crippen molar-refractivity contribution in [2.45, 2.75) is 25.5 Å². The molecular weight excluding hydrogens is 493 g/mol. The number of amides is 2. The van der Waals surface area contributed by atoms with E-state index in [1.54, 1.807) is 12.1 Å². The van der Waals surface area contributed by atoms with E-state index in [1.807, 2.05) is 54.8 Å². The van der Waals surface area contributed by atoms with Gasteiger partial charge in [-0.15, -0.1) is 10.2 Å². The zero-order valence-electron chi connectivity index (χ0n) is 20.4. The number of aryl methyl sites for hydroxylation is 1. The lowest BCUT2D eigenvalue weighted by atomic mass is 10.1. The van der Waals surface area contributed by atoms with Gasteiger partial charge in [0.05, 0.1) is 18.0 Å². The van der Waals surface area contributed by atoms with Crippen molar-refractivity contribution in [1.29, 1.82) is 0 Å². The third kappa shape index (κ3) is 6.95. The third-order valence-corrected chi connectivity index (χ3v) is 6.46. The number of halogens is 1. The molecule has 2 amide bonds. The number of benzene rings is 3. The lowest BCUT2D eigenvalue weighted by molar-refractivity contribution is -0.123. The minimum Gasteiger partial charge on any atom is -0.484 e. The maximum atomic E-state index is 13.1. The van der Waals surface area contributed by atoms with Gasteiger partial charge in [0.15, 0.2) is 17.6 Å². The van der Waals surface area contributed by atoms with Gasteiger partial charge in [0.1, 0.15) is 11.6 Å². The molecular formula is C27H26FN5O3S. The monoisotopic (exact) mass is 519 g/mol. The Labute approximate surface area is 218 Å². The van der Waals surface area contributed by atoms with Crippen molar-refractivity contribution in [2.24, 2.45) is 0 Å². The normalized spacial score (nSPS) is 10.7. The highest BCUT2D eigenvalue weighted by Crippen LogP contribution is 2.26. The number of para-hydroxylation sites is 1. The molecule has 0 saturated carbocycles. The second-order valence-electron chi connectivity index (χ2n) is 8.18. The molecule has 4 aromatic rings. The molecule has 0 bridgehead atoms. The molecule has 2 N–H and O–H groups in total. The van der Waals surface area contributed by atoms with Crippen LogP contribution in [-0.4, -0.2) is 38.9 Å². The Kier molecular flexibility index (Phi) is 8.52. The predicted molar refractivity (Wildman–Crippen MR) is 140 cm³/mol. The number of nitrogens with one attached hydrogen (secondary N) is 2. The summed E-state index contributed by atoms with van der Waals surface area (Å²) in [5.41, 5.74) is 3.47. The highest BCUT2D eigenvalue weighted by atomic mass is 32.2. The second-order valence-corrected chi connectivity index (χ2v) is 9.12. The van der Waals surface area contributed by atoms with Crippen LogP contribution in [0.4, 0.5) is 10.1 Å². The smallest absolute Gasteiger partial charge is 0.258 e. The van der Waals surface area contributed by atoms with E-state index in [1.165, 1.54) is 36.0 Å². The van der Waals surface area contributed by atoms with Crippen LogP contribution < -0.4 is 15.4 Å². The zero-order valence-corrected chi connectivity index (χ0v) is 21.2. The number of anilines is 1. The number of rotatable bonds is 10. The van der Waals surface area contributed by atoms with Crippen LogP contribution >= 0.6 is 11.8 Å². The average molecular weight is 520 g/mol. The molecule has 4 rings (SSSR count). The van der Waals surface area contributed by atoms with Gasteiger partial charge < -0.3 is 15.4 Å². The average Bonchev–Trinajstić information content (AvgIpc) is 3.31. The fourth-order valence-electron chi connectivity index (χ4n) is 3.48. The van der Waals surface area contributed by atoms with Crippen LogP contribution in [0.1, 0.15) is 17.0 Å². The maximum absolute atomic E-state index is 13.1. The Morgan fingerprint density at radius 3 is 2.46 bits per heavy atom. The van der Waals surface area contributed by atoms with Gasteiger partial charge in [-0.25, -0.2) is 4.39 Å². The Hall–Kier alpha value is -4.18. The van der Waals surface area contributed by atoms with Crippen molar-refractivity contribution in [3.63, 3.8) is 0 Å². The van der Waals surface area contributed by atoms with Crippen LogP contribution in [0.3, 0.4) is 0 Å². The summed E-state index contributed by atoms with van der Waals surface area (Å²) in [5, 5.41) is 14.6. The first-order valence-corrected chi connectivity index (χ1v) is 12.5. The molecule has 0 spiro atoms. The van der Waals surface area contributed by atoms with Crippen molar-refractivity contribution in [3.05, 3.63) is 95.6 Å². The third-order valence-electron chi connectivity index (χ3n) is 5.53. The van der Waals surface area contributed by atoms with Gasteiger partial charge in [0.2, 0.25) is 5.91 Å². The molecule has 0 atom stereocenters. The number of hydrogen-bond acceptors (Lipinski definition) is 6. The molecule has 0 unspecified atom stereocenters. The lowest BCUT2D eigenvalue weighted by Gasteiger charge is -2.15. The van der Waals surface area contributed by atoms with E-state index in [4.69, 9.17) is 4.74 Å². The highest BCUT2D eigenvalue weighted by Gasteiger charge is 2.18. The second kappa shape index (κ2) is 12.2. The van der Waals surface area contributed by atoms with E-state index in [-0.39, 0.29) is 36.5 Å². The number of thioether (sulfide) groups is 1.